The van der Waals surface area contributed by atoms with E-state index in [1.165, 1.54) is 0 Å². The molecule has 118 valence electrons. The minimum Gasteiger partial charge on any atom is -0.356 e. The molecule has 0 atom stereocenters. The second kappa shape index (κ2) is 15.6. The van der Waals surface area contributed by atoms with E-state index in [-0.39, 0.29) is 11.8 Å². The van der Waals surface area contributed by atoms with E-state index in [4.69, 9.17) is 23.2 Å². The first kappa shape index (κ1) is 20.2. The lowest BCUT2D eigenvalue weighted by molar-refractivity contribution is -0.121. The summed E-state index contributed by atoms with van der Waals surface area (Å²) in [6.45, 7) is 1.28. The molecule has 0 saturated heterocycles. The number of amides is 2. The van der Waals surface area contributed by atoms with Crippen LogP contribution in [-0.4, -0.2) is 48.2 Å². The van der Waals surface area contributed by atoms with E-state index in [1.807, 2.05) is 0 Å². The molecule has 0 aromatic carbocycles. The summed E-state index contributed by atoms with van der Waals surface area (Å²) in [5, 5.41) is 5.60. The van der Waals surface area contributed by atoms with Crippen LogP contribution in [0.2, 0.25) is 0 Å². The Morgan fingerprint density at radius 2 is 1.20 bits per heavy atom. The average molecular weight is 361 g/mol. The summed E-state index contributed by atoms with van der Waals surface area (Å²) in [5.74, 6) is 2.76. The van der Waals surface area contributed by atoms with Crippen LogP contribution in [0.4, 0.5) is 0 Å². The van der Waals surface area contributed by atoms with Gasteiger partial charge in [-0.2, -0.15) is 0 Å². The topological polar surface area (TPSA) is 58.2 Å². The van der Waals surface area contributed by atoms with Gasteiger partial charge >= 0.3 is 0 Å². The molecule has 0 heterocycles. The Balaban J connectivity index is 3.27. The van der Waals surface area contributed by atoms with Crippen molar-refractivity contribution in [1.29, 1.82) is 0 Å². The van der Waals surface area contributed by atoms with Gasteiger partial charge < -0.3 is 10.6 Å². The number of carbonyl (C=O) groups is 2. The van der Waals surface area contributed by atoms with Crippen LogP contribution in [0.25, 0.3) is 0 Å². The van der Waals surface area contributed by atoms with Crippen molar-refractivity contribution in [2.75, 3.05) is 36.4 Å². The fourth-order valence-corrected chi connectivity index (χ4v) is 3.40. The van der Waals surface area contributed by atoms with Crippen LogP contribution in [0.15, 0.2) is 0 Å². The molecule has 20 heavy (non-hydrogen) atoms. The maximum atomic E-state index is 11.4. The molecule has 2 N–H and O–H groups in total. The van der Waals surface area contributed by atoms with Gasteiger partial charge in [0.2, 0.25) is 11.8 Å². The number of carbonyl (C=O) groups excluding carboxylic acids is 2. The maximum Gasteiger partial charge on any atom is 0.220 e. The second-order valence-corrected chi connectivity index (χ2v) is 7.39. The highest BCUT2D eigenvalue weighted by Gasteiger charge is 2.03. The molecule has 8 heteroatoms. The third kappa shape index (κ3) is 14.6. The first-order valence-electron chi connectivity index (χ1n) is 6.60. The summed E-state index contributed by atoms with van der Waals surface area (Å²) >= 11 is 11.0. The van der Waals surface area contributed by atoms with Gasteiger partial charge in [-0.15, -0.1) is 23.2 Å². The van der Waals surface area contributed by atoms with Crippen LogP contribution >= 0.6 is 44.8 Å². The van der Waals surface area contributed by atoms with Crippen LogP contribution in [0.5, 0.6) is 0 Å². The highest BCUT2D eigenvalue weighted by molar-refractivity contribution is 8.76. The van der Waals surface area contributed by atoms with E-state index in [0.717, 1.165) is 24.3 Å². The van der Waals surface area contributed by atoms with Crippen LogP contribution in [-0.2, 0) is 9.59 Å². The molecule has 0 aromatic rings. The van der Waals surface area contributed by atoms with E-state index < -0.39 is 0 Å². The highest BCUT2D eigenvalue weighted by atomic mass is 35.5. The predicted molar refractivity (Wildman–Crippen MR) is 90.8 cm³/mol. The third-order valence-electron chi connectivity index (χ3n) is 2.17. The maximum absolute atomic E-state index is 11.4. The molecule has 0 radical (unpaired) electrons. The number of nitrogens with one attached hydrogen (secondary N) is 2. The van der Waals surface area contributed by atoms with Gasteiger partial charge in [-0.3, -0.25) is 9.59 Å². The number of hydrogen-bond acceptors (Lipinski definition) is 4. The molecule has 0 bridgehead atoms. The normalized spacial score (nSPS) is 10.3. The Bertz CT molecular complexity index is 246. The lowest BCUT2D eigenvalue weighted by Crippen LogP contribution is -2.25. The number of halogens is 2. The van der Waals surface area contributed by atoms with Crippen molar-refractivity contribution in [2.24, 2.45) is 0 Å². The van der Waals surface area contributed by atoms with Crippen molar-refractivity contribution in [1.82, 2.24) is 10.6 Å². The summed E-state index contributed by atoms with van der Waals surface area (Å²) in [4.78, 5) is 22.7. The molecule has 0 fully saturated rings. The second-order valence-electron chi connectivity index (χ2n) is 3.93. The molecule has 0 unspecified atom stereocenters. The summed E-state index contributed by atoms with van der Waals surface area (Å²) in [6, 6.07) is 0. The molecule has 0 aliphatic heterocycles. The zero-order valence-corrected chi connectivity index (χ0v) is 14.6. The van der Waals surface area contributed by atoms with Crippen LogP contribution < -0.4 is 10.6 Å². The van der Waals surface area contributed by atoms with Crippen LogP contribution in [0.1, 0.15) is 25.7 Å². The SMILES string of the molecule is O=C(CCSSCCC(=O)NCCCCl)NCCCCl. The molecule has 2 amide bonds. The van der Waals surface area contributed by atoms with E-state index in [1.54, 1.807) is 21.6 Å². The molecule has 0 aliphatic rings. The fourth-order valence-electron chi connectivity index (χ4n) is 1.15. The zero-order chi connectivity index (χ0) is 15.1. The van der Waals surface area contributed by atoms with Gasteiger partial charge in [-0.05, 0) is 12.8 Å². The van der Waals surface area contributed by atoms with E-state index >= 15 is 0 Å². The molecule has 0 aromatic heterocycles. The molecule has 0 saturated carbocycles. The Labute approximate surface area is 138 Å². The minimum atomic E-state index is 0.0574. The Morgan fingerprint density at radius 3 is 1.55 bits per heavy atom. The lowest BCUT2D eigenvalue weighted by Gasteiger charge is -2.04. The summed E-state index contributed by atoms with van der Waals surface area (Å²) in [5.41, 5.74) is 0. The Morgan fingerprint density at radius 1 is 0.800 bits per heavy atom. The van der Waals surface area contributed by atoms with Gasteiger partial charge in [0.15, 0.2) is 0 Å². The molecule has 0 rings (SSSR count). The molecule has 0 spiro atoms. The first-order valence-corrected chi connectivity index (χ1v) is 10.2. The van der Waals surface area contributed by atoms with E-state index in [0.29, 0.717) is 37.7 Å². The average Bonchev–Trinajstić information content (AvgIpc) is 2.43. The Hall–Kier alpha value is 0.220. The number of hydrogen-bond donors (Lipinski definition) is 2. The van der Waals surface area contributed by atoms with Gasteiger partial charge in [-0.1, -0.05) is 21.6 Å². The third-order valence-corrected chi connectivity index (χ3v) is 5.12. The largest absolute Gasteiger partial charge is 0.356 e. The first-order chi connectivity index (χ1) is 9.70. The number of alkyl halides is 2. The molecular weight excluding hydrogens is 339 g/mol. The predicted octanol–water partition coefficient (Wildman–Crippen LogP) is 2.64. The van der Waals surface area contributed by atoms with Gasteiger partial charge in [0.1, 0.15) is 0 Å². The fraction of sp³-hybridized carbons (Fsp3) is 0.833. The van der Waals surface area contributed by atoms with E-state index in [9.17, 15) is 9.59 Å². The summed E-state index contributed by atoms with van der Waals surface area (Å²) in [6.07, 6.45) is 2.60. The van der Waals surface area contributed by atoms with Gasteiger partial charge in [0.25, 0.3) is 0 Å². The summed E-state index contributed by atoms with van der Waals surface area (Å²) in [7, 11) is 3.24. The van der Waals surface area contributed by atoms with E-state index in [2.05, 4.69) is 10.6 Å². The monoisotopic (exact) mass is 360 g/mol. The van der Waals surface area contributed by atoms with Crippen molar-refractivity contribution in [3.63, 3.8) is 0 Å². The molecule has 0 aliphatic carbocycles. The van der Waals surface area contributed by atoms with Crippen LogP contribution in [0, 0.1) is 0 Å². The molecular formula is C12H22Cl2N2O2S2. The van der Waals surface area contributed by atoms with Crippen molar-refractivity contribution >= 4 is 56.6 Å². The quantitative estimate of drug-likeness (QED) is 0.301. The van der Waals surface area contributed by atoms with Crippen LogP contribution in [0.3, 0.4) is 0 Å². The van der Waals surface area contributed by atoms with Gasteiger partial charge in [-0.25, -0.2) is 0 Å². The van der Waals surface area contributed by atoms with Gasteiger partial charge in [0, 0.05) is 49.2 Å². The number of rotatable bonds is 13. The Kier molecular flexibility index (Phi) is 15.8. The minimum absolute atomic E-state index is 0.0574. The van der Waals surface area contributed by atoms with Crippen molar-refractivity contribution in [2.45, 2.75) is 25.7 Å². The van der Waals surface area contributed by atoms with Crippen molar-refractivity contribution < 1.29 is 9.59 Å². The lowest BCUT2D eigenvalue weighted by atomic mass is 10.4. The van der Waals surface area contributed by atoms with Gasteiger partial charge in [0.05, 0.1) is 0 Å². The molecule has 4 nitrogen and oxygen atoms in total. The smallest absolute Gasteiger partial charge is 0.220 e. The summed E-state index contributed by atoms with van der Waals surface area (Å²) < 4.78 is 0. The standard InChI is InChI=1S/C12H22Cl2N2O2S2/c13-5-1-7-15-11(17)3-9-19-20-10-4-12(18)16-8-2-6-14/h1-10H2,(H,15,17)(H,16,18). The van der Waals surface area contributed by atoms with Crippen molar-refractivity contribution in [3.05, 3.63) is 0 Å². The van der Waals surface area contributed by atoms with Crippen molar-refractivity contribution in [3.8, 4) is 0 Å². The highest BCUT2D eigenvalue weighted by Crippen LogP contribution is 2.22. The zero-order valence-electron chi connectivity index (χ0n) is 11.5.